The van der Waals surface area contributed by atoms with E-state index in [2.05, 4.69) is 5.10 Å². The van der Waals surface area contributed by atoms with Crippen LogP contribution in [-0.4, -0.2) is 55.0 Å². The van der Waals surface area contributed by atoms with Crippen molar-refractivity contribution in [2.45, 2.75) is 11.7 Å². The zero-order valence-corrected chi connectivity index (χ0v) is 18.7. The average molecular weight is 458 g/mol. The Bertz CT molecular complexity index is 1260. The number of aryl methyl sites for hydroxylation is 1. The predicted octanol–water partition coefficient (Wildman–Crippen LogP) is 3.24. The standard InChI is InChI=1S/C23H24FN3O4S/c1-26-21(15-20(25-26)16-6-5-7-17(14-16)31-2)23(28)27-11-10-22(32(29,30)13-12-27)18-8-3-4-9-19(18)24/h3-9,14-15,22H,10-13H2,1-2H3. The van der Waals surface area contributed by atoms with Crippen LogP contribution in [0.15, 0.2) is 54.6 Å². The van der Waals surface area contributed by atoms with Crippen LogP contribution in [0.1, 0.15) is 27.7 Å². The van der Waals surface area contributed by atoms with Gasteiger partial charge in [-0.3, -0.25) is 9.48 Å². The summed E-state index contributed by atoms with van der Waals surface area (Å²) in [6.07, 6.45) is 0.135. The minimum absolute atomic E-state index is 0.0474. The maximum Gasteiger partial charge on any atom is 0.272 e. The molecule has 0 spiro atoms. The topological polar surface area (TPSA) is 81.5 Å². The molecule has 0 bridgehead atoms. The Labute approximate surface area is 186 Å². The molecule has 1 saturated heterocycles. The lowest BCUT2D eigenvalue weighted by molar-refractivity contribution is 0.0755. The summed E-state index contributed by atoms with van der Waals surface area (Å²) in [7, 11) is -0.358. The van der Waals surface area contributed by atoms with Crippen molar-refractivity contribution in [3.63, 3.8) is 0 Å². The van der Waals surface area contributed by atoms with Gasteiger partial charge in [-0.05, 0) is 30.7 Å². The number of carbonyl (C=O) groups excluding carboxylic acids is 1. The number of hydrogen-bond acceptors (Lipinski definition) is 5. The zero-order chi connectivity index (χ0) is 22.9. The van der Waals surface area contributed by atoms with Gasteiger partial charge >= 0.3 is 0 Å². The fraction of sp³-hybridized carbons (Fsp3) is 0.304. The summed E-state index contributed by atoms with van der Waals surface area (Å²) in [5, 5.41) is 3.47. The number of nitrogens with zero attached hydrogens (tertiary/aromatic N) is 3. The highest BCUT2D eigenvalue weighted by Gasteiger charge is 2.35. The number of hydrogen-bond donors (Lipinski definition) is 0. The summed E-state index contributed by atoms with van der Waals surface area (Å²) in [5.74, 6) is -0.398. The molecule has 9 heteroatoms. The Hall–Kier alpha value is -3.20. The highest BCUT2D eigenvalue weighted by Crippen LogP contribution is 2.32. The predicted molar refractivity (Wildman–Crippen MR) is 119 cm³/mol. The van der Waals surface area contributed by atoms with Crippen LogP contribution in [0.2, 0.25) is 0 Å². The summed E-state index contributed by atoms with van der Waals surface area (Å²) in [4.78, 5) is 14.7. The molecule has 0 aliphatic carbocycles. The average Bonchev–Trinajstić information content (AvgIpc) is 3.10. The van der Waals surface area contributed by atoms with Gasteiger partial charge in [0.15, 0.2) is 9.84 Å². The van der Waals surface area contributed by atoms with Crippen LogP contribution in [0.5, 0.6) is 5.75 Å². The van der Waals surface area contributed by atoms with Gasteiger partial charge in [0.2, 0.25) is 0 Å². The number of aromatic nitrogens is 2. The summed E-state index contributed by atoms with van der Waals surface area (Å²) >= 11 is 0. The molecular weight excluding hydrogens is 433 g/mol. The largest absolute Gasteiger partial charge is 0.497 e. The maximum absolute atomic E-state index is 14.3. The first-order chi connectivity index (χ1) is 15.3. The van der Waals surface area contributed by atoms with E-state index >= 15 is 0 Å². The van der Waals surface area contributed by atoms with Gasteiger partial charge in [-0.1, -0.05) is 30.3 Å². The molecule has 1 fully saturated rings. The Morgan fingerprint density at radius 1 is 1.12 bits per heavy atom. The molecule has 1 unspecified atom stereocenters. The van der Waals surface area contributed by atoms with Gasteiger partial charge in [0, 0.05) is 31.3 Å². The van der Waals surface area contributed by atoms with Gasteiger partial charge in [-0.15, -0.1) is 0 Å². The molecule has 7 nitrogen and oxygen atoms in total. The SMILES string of the molecule is COc1cccc(-c2cc(C(=O)N3CCC(c4ccccc4F)S(=O)(=O)CC3)n(C)n2)c1. The van der Waals surface area contributed by atoms with Crippen LogP contribution >= 0.6 is 0 Å². The maximum atomic E-state index is 14.3. The lowest BCUT2D eigenvalue weighted by Gasteiger charge is -2.20. The summed E-state index contributed by atoms with van der Waals surface area (Å²) in [6.45, 7) is 0.253. The Morgan fingerprint density at radius 3 is 2.66 bits per heavy atom. The molecule has 1 aromatic heterocycles. The molecule has 0 N–H and O–H groups in total. The number of amides is 1. The van der Waals surface area contributed by atoms with E-state index in [1.807, 2.05) is 24.3 Å². The summed E-state index contributed by atoms with van der Waals surface area (Å²) in [6, 6.07) is 15.0. The van der Waals surface area contributed by atoms with E-state index in [0.717, 1.165) is 5.56 Å². The van der Waals surface area contributed by atoms with Crippen LogP contribution in [0, 0.1) is 5.82 Å². The van der Waals surface area contributed by atoms with Crippen LogP contribution < -0.4 is 4.74 Å². The van der Waals surface area contributed by atoms with Crippen LogP contribution in [-0.2, 0) is 16.9 Å². The lowest BCUT2D eigenvalue weighted by Crippen LogP contribution is -2.34. The molecule has 2 heterocycles. The molecule has 3 aromatic rings. The van der Waals surface area contributed by atoms with E-state index in [-0.39, 0.29) is 36.7 Å². The molecule has 2 aromatic carbocycles. The van der Waals surface area contributed by atoms with Crippen molar-refractivity contribution in [2.75, 3.05) is 26.0 Å². The molecule has 32 heavy (non-hydrogen) atoms. The van der Waals surface area contributed by atoms with E-state index in [0.29, 0.717) is 17.1 Å². The van der Waals surface area contributed by atoms with Crippen molar-refractivity contribution in [3.05, 3.63) is 71.7 Å². The third-order valence-corrected chi connectivity index (χ3v) is 7.85. The third kappa shape index (κ3) is 4.25. The Kier molecular flexibility index (Phi) is 6.01. The van der Waals surface area contributed by atoms with Crippen molar-refractivity contribution >= 4 is 15.7 Å². The molecular formula is C23H24FN3O4S. The van der Waals surface area contributed by atoms with Gasteiger partial charge in [-0.2, -0.15) is 5.10 Å². The first-order valence-corrected chi connectivity index (χ1v) is 12.0. The van der Waals surface area contributed by atoms with E-state index in [4.69, 9.17) is 4.74 Å². The number of ether oxygens (including phenoxy) is 1. The molecule has 0 radical (unpaired) electrons. The molecule has 4 rings (SSSR count). The fourth-order valence-corrected chi connectivity index (χ4v) is 5.79. The summed E-state index contributed by atoms with van der Waals surface area (Å²) < 4.78 is 46.7. The van der Waals surface area contributed by atoms with Crippen molar-refractivity contribution < 1.29 is 22.3 Å². The molecule has 1 aliphatic heterocycles. The fourth-order valence-electron chi connectivity index (χ4n) is 3.99. The number of rotatable bonds is 4. The number of halogens is 1. The van der Waals surface area contributed by atoms with E-state index in [9.17, 15) is 17.6 Å². The number of methoxy groups -OCH3 is 1. The zero-order valence-electron chi connectivity index (χ0n) is 17.9. The minimum atomic E-state index is -3.61. The normalized spacial score (nSPS) is 18.2. The van der Waals surface area contributed by atoms with Crippen LogP contribution in [0.4, 0.5) is 4.39 Å². The lowest BCUT2D eigenvalue weighted by atomic mass is 10.1. The second-order valence-corrected chi connectivity index (χ2v) is 10.0. The first-order valence-electron chi connectivity index (χ1n) is 10.2. The van der Waals surface area contributed by atoms with Crippen molar-refractivity contribution in [1.82, 2.24) is 14.7 Å². The second kappa shape index (κ2) is 8.74. The Morgan fingerprint density at radius 2 is 1.91 bits per heavy atom. The second-order valence-electron chi connectivity index (χ2n) is 7.73. The van der Waals surface area contributed by atoms with E-state index in [1.54, 1.807) is 26.3 Å². The molecule has 0 saturated carbocycles. The van der Waals surface area contributed by atoms with Gasteiger partial charge in [-0.25, -0.2) is 12.8 Å². The number of benzene rings is 2. The Balaban J connectivity index is 1.58. The van der Waals surface area contributed by atoms with Gasteiger partial charge in [0.25, 0.3) is 5.91 Å². The number of sulfone groups is 1. The third-order valence-electron chi connectivity index (χ3n) is 5.74. The quantitative estimate of drug-likeness (QED) is 0.601. The van der Waals surface area contributed by atoms with Gasteiger partial charge < -0.3 is 9.64 Å². The van der Waals surface area contributed by atoms with E-state index in [1.165, 1.54) is 27.8 Å². The molecule has 1 aliphatic rings. The van der Waals surface area contributed by atoms with Crippen molar-refractivity contribution in [3.8, 4) is 17.0 Å². The van der Waals surface area contributed by atoms with Gasteiger partial charge in [0.05, 0.1) is 23.8 Å². The van der Waals surface area contributed by atoms with Crippen molar-refractivity contribution in [1.29, 1.82) is 0 Å². The molecule has 168 valence electrons. The van der Waals surface area contributed by atoms with Gasteiger partial charge in [0.1, 0.15) is 17.3 Å². The monoisotopic (exact) mass is 457 g/mol. The van der Waals surface area contributed by atoms with Crippen LogP contribution in [0.3, 0.4) is 0 Å². The van der Waals surface area contributed by atoms with Crippen LogP contribution in [0.25, 0.3) is 11.3 Å². The highest BCUT2D eigenvalue weighted by atomic mass is 32.2. The minimum Gasteiger partial charge on any atom is -0.497 e. The smallest absolute Gasteiger partial charge is 0.272 e. The highest BCUT2D eigenvalue weighted by molar-refractivity contribution is 7.91. The molecule has 1 atom stereocenters. The molecule has 1 amide bonds. The number of carbonyl (C=O) groups is 1. The first kappa shape index (κ1) is 22.0. The van der Waals surface area contributed by atoms with Crippen molar-refractivity contribution in [2.24, 2.45) is 7.05 Å². The van der Waals surface area contributed by atoms with E-state index < -0.39 is 20.9 Å². The summed E-state index contributed by atoms with van der Waals surface area (Å²) in [5.41, 5.74) is 1.92.